The molecule has 0 bridgehead atoms. The van der Waals surface area contributed by atoms with Crippen molar-refractivity contribution in [2.24, 2.45) is 7.05 Å². The van der Waals surface area contributed by atoms with Gasteiger partial charge in [-0.25, -0.2) is 0 Å². The maximum Gasteiger partial charge on any atom is 0.269 e. The number of hydrogen-bond donors (Lipinski definition) is 1. The average molecular weight is 322 g/mol. The SMILES string of the molecule is CCc1cc(C(=O)NCc2ccc(Br)cc2)n(C)n1. The van der Waals surface area contributed by atoms with E-state index in [2.05, 4.69) is 26.3 Å². The first-order valence-electron chi connectivity index (χ1n) is 6.15. The summed E-state index contributed by atoms with van der Waals surface area (Å²) in [5.41, 5.74) is 2.58. The Balaban J connectivity index is 2.01. The highest BCUT2D eigenvalue weighted by Gasteiger charge is 2.11. The summed E-state index contributed by atoms with van der Waals surface area (Å²) >= 11 is 3.38. The summed E-state index contributed by atoms with van der Waals surface area (Å²) in [5.74, 6) is -0.0994. The molecule has 2 rings (SSSR count). The van der Waals surface area contributed by atoms with Gasteiger partial charge in [-0.2, -0.15) is 5.10 Å². The van der Waals surface area contributed by atoms with Gasteiger partial charge in [-0.05, 0) is 30.2 Å². The first kappa shape index (κ1) is 13.8. The molecule has 1 aromatic carbocycles. The van der Waals surface area contributed by atoms with Gasteiger partial charge in [-0.3, -0.25) is 9.48 Å². The van der Waals surface area contributed by atoms with Crippen molar-refractivity contribution in [1.82, 2.24) is 15.1 Å². The van der Waals surface area contributed by atoms with Crippen LogP contribution < -0.4 is 5.32 Å². The van der Waals surface area contributed by atoms with Crippen molar-refractivity contribution in [1.29, 1.82) is 0 Å². The summed E-state index contributed by atoms with van der Waals surface area (Å²) < 4.78 is 2.65. The van der Waals surface area contributed by atoms with Crippen molar-refractivity contribution < 1.29 is 4.79 Å². The van der Waals surface area contributed by atoms with E-state index < -0.39 is 0 Å². The number of aryl methyl sites for hydroxylation is 2. The Labute approximate surface area is 120 Å². The van der Waals surface area contributed by atoms with Crippen LogP contribution in [0.15, 0.2) is 34.8 Å². The second kappa shape index (κ2) is 6.02. The van der Waals surface area contributed by atoms with Crippen LogP contribution >= 0.6 is 15.9 Å². The van der Waals surface area contributed by atoms with Crippen molar-refractivity contribution in [3.63, 3.8) is 0 Å². The zero-order valence-corrected chi connectivity index (χ0v) is 12.6. The van der Waals surface area contributed by atoms with Crippen LogP contribution in [0.4, 0.5) is 0 Å². The van der Waals surface area contributed by atoms with Gasteiger partial charge < -0.3 is 5.32 Å². The lowest BCUT2D eigenvalue weighted by Gasteiger charge is -2.05. The summed E-state index contributed by atoms with van der Waals surface area (Å²) in [6.07, 6.45) is 0.827. The zero-order valence-electron chi connectivity index (χ0n) is 11.0. The van der Waals surface area contributed by atoms with Crippen molar-refractivity contribution in [3.05, 3.63) is 51.8 Å². The van der Waals surface area contributed by atoms with Crippen LogP contribution in [0.5, 0.6) is 0 Å². The van der Waals surface area contributed by atoms with E-state index in [1.807, 2.05) is 37.3 Å². The third-order valence-electron chi connectivity index (χ3n) is 2.89. The van der Waals surface area contributed by atoms with Crippen LogP contribution in [0, 0.1) is 0 Å². The van der Waals surface area contributed by atoms with Gasteiger partial charge in [0.05, 0.1) is 5.69 Å². The molecule has 0 unspecified atom stereocenters. The Morgan fingerprint density at radius 3 is 2.63 bits per heavy atom. The Morgan fingerprint density at radius 2 is 2.05 bits per heavy atom. The van der Waals surface area contributed by atoms with Gasteiger partial charge in [0.1, 0.15) is 5.69 Å². The summed E-state index contributed by atoms with van der Waals surface area (Å²) in [4.78, 5) is 12.1. The fourth-order valence-corrected chi connectivity index (χ4v) is 2.05. The minimum absolute atomic E-state index is 0.0994. The number of hydrogen-bond acceptors (Lipinski definition) is 2. The second-order valence-corrected chi connectivity index (χ2v) is 5.22. The van der Waals surface area contributed by atoms with Crippen molar-refractivity contribution in [3.8, 4) is 0 Å². The molecule has 0 aliphatic heterocycles. The summed E-state index contributed by atoms with van der Waals surface area (Å²) in [5, 5.41) is 7.16. The van der Waals surface area contributed by atoms with E-state index in [1.54, 1.807) is 11.7 Å². The van der Waals surface area contributed by atoms with Gasteiger partial charge in [0, 0.05) is 18.1 Å². The molecule has 1 aromatic heterocycles. The number of aromatic nitrogens is 2. The number of benzene rings is 1. The molecule has 0 fully saturated rings. The van der Waals surface area contributed by atoms with Crippen LogP contribution in [-0.4, -0.2) is 15.7 Å². The molecule has 100 valence electrons. The lowest BCUT2D eigenvalue weighted by atomic mass is 10.2. The monoisotopic (exact) mass is 321 g/mol. The molecule has 1 N–H and O–H groups in total. The van der Waals surface area contributed by atoms with Gasteiger partial charge in [0.2, 0.25) is 0 Å². The van der Waals surface area contributed by atoms with Gasteiger partial charge in [-0.15, -0.1) is 0 Å². The topological polar surface area (TPSA) is 46.9 Å². The smallest absolute Gasteiger partial charge is 0.269 e. The predicted octanol–water partition coefficient (Wildman–Crippen LogP) is 2.68. The van der Waals surface area contributed by atoms with Crippen LogP contribution in [0.25, 0.3) is 0 Å². The maximum atomic E-state index is 12.1. The molecule has 0 aliphatic carbocycles. The van der Waals surface area contributed by atoms with Crippen molar-refractivity contribution >= 4 is 21.8 Å². The summed E-state index contributed by atoms with van der Waals surface area (Å²) in [7, 11) is 1.79. The molecule has 5 heteroatoms. The van der Waals surface area contributed by atoms with Gasteiger partial charge in [0.15, 0.2) is 0 Å². The maximum absolute atomic E-state index is 12.1. The number of halogens is 1. The highest BCUT2D eigenvalue weighted by atomic mass is 79.9. The van der Waals surface area contributed by atoms with Crippen molar-refractivity contribution in [2.45, 2.75) is 19.9 Å². The van der Waals surface area contributed by atoms with E-state index >= 15 is 0 Å². The fourth-order valence-electron chi connectivity index (χ4n) is 1.79. The minimum atomic E-state index is -0.0994. The fraction of sp³-hybridized carbons (Fsp3) is 0.286. The number of nitrogens with zero attached hydrogens (tertiary/aromatic N) is 2. The first-order chi connectivity index (χ1) is 9.10. The van der Waals surface area contributed by atoms with Gasteiger partial charge >= 0.3 is 0 Å². The second-order valence-electron chi connectivity index (χ2n) is 4.31. The lowest BCUT2D eigenvalue weighted by Crippen LogP contribution is -2.25. The van der Waals surface area contributed by atoms with Crippen LogP contribution in [0.3, 0.4) is 0 Å². The highest BCUT2D eigenvalue weighted by molar-refractivity contribution is 9.10. The normalized spacial score (nSPS) is 10.5. The van der Waals surface area contributed by atoms with E-state index in [-0.39, 0.29) is 5.91 Å². The Morgan fingerprint density at radius 1 is 1.37 bits per heavy atom. The van der Waals surface area contributed by atoms with Gasteiger partial charge in [-0.1, -0.05) is 35.0 Å². The first-order valence-corrected chi connectivity index (χ1v) is 6.95. The standard InChI is InChI=1S/C14H16BrN3O/c1-3-12-8-13(18(2)17-12)14(19)16-9-10-4-6-11(15)7-5-10/h4-8H,3,9H2,1-2H3,(H,16,19). The molecule has 0 aliphatic rings. The molecule has 4 nitrogen and oxygen atoms in total. The number of carbonyl (C=O) groups excluding carboxylic acids is 1. The quantitative estimate of drug-likeness (QED) is 0.941. The molecule has 0 saturated heterocycles. The summed E-state index contributed by atoms with van der Waals surface area (Å²) in [6.45, 7) is 2.53. The molecule has 2 aromatic rings. The molecule has 0 spiro atoms. The number of amides is 1. The molecule has 0 radical (unpaired) electrons. The summed E-state index contributed by atoms with van der Waals surface area (Å²) in [6, 6.07) is 9.70. The van der Waals surface area contributed by atoms with E-state index in [1.165, 1.54) is 0 Å². The van der Waals surface area contributed by atoms with Gasteiger partial charge in [0.25, 0.3) is 5.91 Å². The number of nitrogens with one attached hydrogen (secondary N) is 1. The molecular formula is C14H16BrN3O. The molecule has 0 saturated carbocycles. The predicted molar refractivity (Wildman–Crippen MR) is 77.9 cm³/mol. The third kappa shape index (κ3) is 3.44. The van der Waals surface area contributed by atoms with E-state index in [9.17, 15) is 4.79 Å². The highest BCUT2D eigenvalue weighted by Crippen LogP contribution is 2.10. The largest absolute Gasteiger partial charge is 0.347 e. The third-order valence-corrected chi connectivity index (χ3v) is 3.42. The molecule has 1 heterocycles. The van der Waals surface area contributed by atoms with Crippen molar-refractivity contribution in [2.75, 3.05) is 0 Å². The average Bonchev–Trinajstić information content (AvgIpc) is 2.79. The molecular weight excluding hydrogens is 306 g/mol. The Hall–Kier alpha value is -1.62. The number of carbonyl (C=O) groups is 1. The van der Waals surface area contributed by atoms with E-state index in [4.69, 9.17) is 0 Å². The Kier molecular flexibility index (Phi) is 4.37. The lowest BCUT2D eigenvalue weighted by molar-refractivity contribution is 0.0941. The van der Waals surface area contributed by atoms with E-state index in [0.717, 1.165) is 22.2 Å². The molecule has 0 atom stereocenters. The molecule has 1 amide bonds. The van der Waals surface area contributed by atoms with E-state index in [0.29, 0.717) is 12.2 Å². The van der Waals surface area contributed by atoms with Crippen LogP contribution in [0.2, 0.25) is 0 Å². The van der Waals surface area contributed by atoms with Crippen LogP contribution in [0.1, 0.15) is 28.7 Å². The molecule has 19 heavy (non-hydrogen) atoms. The zero-order chi connectivity index (χ0) is 13.8. The van der Waals surface area contributed by atoms with Crippen LogP contribution in [-0.2, 0) is 20.0 Å². The minimum Gasteiger partial charge on any atom is -0.347 e. The Bertz CT molecular complexity index is 575. The number of rotatable bonds is 4.